The van der Waals surface area contributed by atoms with E-state index in [4.69, 9.17) is 21.1 Å². The Morgan fingerprint density at radius 2 is 2.10 bits per heavy atom. The summed E-state index contributed by atoms with van der Waals surface area (Å²) in [6.07, 6.45) is 2.06. The molecule has 0 bridgehead atoms. The average molecular weight is 296 g/mol. The van der Waals surface area contributed by atoms with Gasteiger partial charge in [0.2, 0.25) is 0 Å². The molecule has 4 heteroatoms. The van der Waals surface area contributed by atoms with E-state index in [1.54, 1.807) is 0 Å². The van der Waals surface area contributed by atoms with Gasteiger partial charge in [0.05, 0.1) is 13.2 Å². The SMILES string of the molecule is CC(C)c1c2c(cc(Cl)c1C1CCNC1)OCCCO2. The first-order chi connectivity index (χ1) is 9.68. The number of nitrogens with one attached hydrogen (secondary N) is 1. The third-order valence-electron chi connectivity index (χ3n) is 4.11. The van der Waals surface area contributed by atoms with Crippen LogP contribution < -0.4 is 14.8 Å². The first kappa shape index (κ1) is 14.0. The predicted octanol–water partition coefficient (Wildman–Crippen LogP) is 3.70. The maximum Gasteiger partial charge on any atom is 0.164 e. The summed E-state index contributed by atoms with van der Waals surface area (Å²) in [5.41, 5.74) is 2.50. The molecule has 1 aromatic rings. The quantitative estimate of drug-likeness (QED) is 0.902. The highest BCUT2D eigenvalue weighted by Gasteiger charge is 2.29. The van der Waals surface area contributed by atoms with Gasteiger partial charge in [0.25, 0.3) is 0 Å². The fourth-order valence-electron chi connectivity index (χ4n) is 3.20. The number of rotatable bonds is 2. The van der Waals surface area contributed by atoms with E-state index in [1.165, 1.54) is 11.1 Å². The first-order valence-corrected chi connectivity index (χ1v) is 7.89. The van der Waals surface area contributed by atoms with Gasteiger partial charge in [-0.1, -0.05) is 25.4 Å². The van der Waals surface area contributed by atoms with Gasteiger partial charge in [-0.25, -0.2) is 0 Å². The maximum atomic E-state index is 6.58. The molecule has 1 aromatic carbocycles. The summed E-state index contributed by atoms with van der Waals surface area (Å²) >= 11 is 6.58. The van der Waals surface area contributed by atoms with Gasteiger partial charge in [0.15, 0.2) is 11.5 Å². The topological polar surface area (TPSA) is 30.5 Å². The molecule has 0 amide bonds. The Kier molecular flexibility index (Phi) is 4.08. The standard InChI is InChI=1S/C16H22ClNO2/c1-10(2)14-15(11-4-5-18-9-11)12(17)8-13-16(14)20-7-3-6-19-13/h8,10-11,18H,3-7,9H2,1-2H3. The number of benzene rings is 1. The molecule has 110 valence electrons. The van der Waals surface area contributed by atoms with Crippen LogP contribution in [0.3, 0.4) is 0 Å². The molecule has 0 radical (unpaired) electrons. The summed E-state index contributed by atoms with van der Waals surface area (Å²) in [5.74, 6) is 2.59. The minimum atomic E-state index is 0.375. The molecule has 3 rings (SSSR count). The van der Waals surface area contributed by atoms with Gasteiger partial charge in [-0.15, -0.1) is 0 Å². The highest BCUT2D eigenvalue weighted by Crippen LogP contribution is 2.46. The average Bonchev–Trinajstić information content (AvgIpc) is 2.83. The smallest absolute Gasteiger partial charge is 0.164 e. The molecular formula is C16H22ClNO2. The van der Waals surface area contributed by atoms with Crippen molar-refractivity contribution in [2.45, 2.75) is 38.5 Å². The summed E-state index contributed by atoms with van der Waals surface area (Å²) in [4.78, 5) is 0. The van der Waals surface area contributed by atoms with Gasteiger partial charge in [0.1, 0.15) is 0 Å². The predicted molar refractivity (Wildman–Crippen MR) is 81.4 cm³/mol. The lowest BCUT2D eigenvalue weighted by molar-refractivity contribution is 0.295. The Morgan fingerprint density at radius 3 is 2.80 bits per heavy atom. The van der Waals surface area contributed by atoms with Crippen LogP contribution in [0.25, 0.3) is 0 Å². The van der Waals surface area contributed by atoms with Crippen molar-refractivity contribution in [2.75, 3.05) is 26.3 Å². The van der Waals surface area contributed by atoms with Crippen molar-refractivity contribution in [3.8, 4) is 11.5 Å². The molecular weight excluding hydrogens is 274 g/mol. The van der Waals surface area contributed by atoms with Crippen LogP contribution in [-0.2, 0) is 0 Å². The Bertz CT molecular complexity index is 496. The van der Waals surface area contributed by atoms with E-state index in [0.29, 0.717) is 18.4 Å². The van der Waals surface area contributed by atoms with Crippen molar-refractivity contribution in [1.29, 1.82) is 0 Å². The second-order valence-corrected chi connectivity index (χ2v) is 6.32. The van der Waals surface area contributed by atoms with Gasteiger partial charge in [-0.3, -0.25) is 0 Å². The summed E-state index contributed by atoms with van der Waals surface area (Å²) in [6, 6.07) is 1.95. The van der Waals surface area contributed by atoms with Crippen LogP contribution in [0.5, 0.6) is 11.5 Å². The van der Waals surface area contributed by atoms with Gasteiger partial charge < -0.3 is 14.8 Å². The summed E-state index contributed by atoms with van der Waals surface area (Å²) < 4.78 is 11.8. The molecule has 20 heavy (non-hydrogen) atoms. The van der Waals surface area contributed by atoms with Gasteiger partial charge in [0, 0.05) is 29.6 Å². The molecule has 1 N–H and O–H groups in total. The normalized spacial score (nSPS) is 22.1. The van der Waals surface area contributed by atoms with Gasteiger partial charge in [-0.2, -0.15) is 0 Å². The molecule has 0 spiro atoms. The Morgan fingerprint density at radius 1 is 1.30 bits per heavy atom. The van der Waals surface area contributed by atoms with E-state index in [9.17, 15) is 0 Å². The third-order valence-corrected chi connectivity index (χ3v) is 4.42. The van der Waals surface area contributed by atoms with Gasteiger partial charge >= 0.3 is 0 Å². The molecule has 3 nitrogen and oxygen atoms in total. The van der Waals surface area contributed by atoms with Crippen molar-refractivity contribution in [2.24, 2.45) is 0 Å². The third kappa shape index (κ3) is 2.49. The van der Waals surface area contributed by atoms with E-state index < -0.39 is 0 Å². The zero-order chi connectivity index (χ0) is 14.1. The number of ether oxygens (including phenoxy) is 2. The summed E-state index contributed by atoms with van der Waals surface area (Å²) in [5, 5.41) is 4.25. The summed E-state index contributed by atoms with van der Waals surface area (Å²) in [6.45, 7) is 7.88. The second-order valence-electron chi connectivity index (χ2n) is 5.91. The molecule has 1 fully saturated rings. The zero-order valence-corrected chi connectivity index (χ0v) is 12.9. The molecule has 0 aromatic heterocycles. The lowest BCUT2D eigenvalue weighted by atomic mass is 9.87. The van der Waals surface area contributed by atoms with Crippen molar-refractivity contribution < 1.29 is 9.47 Å². The van der Waals surface area contributed by atoms with E-state index in [0.717, 1.165) is 49.1 Å². The highest BCUT2D eigenvalue weighted by atomic mass is 35.5. The molecule has 2 aliphatic rings. The lowest BCUT2D eigenvalue weighted by Gasteiger charge is -2.24. The van der Waals surface area contributed by atoms with Crippen LogP contribution in [-0.4, -0.2) is 26.3 Å². The van der Waals surface area contributed by atoms with Crippen LogP contribution in [0.2, 0.25) is 5.02 Å². The van der Waals surface area contributed by atoms with Crippen molar-refractivity contribution in [1.82, 2.24) is 5.32 Å². The van der Waals surface area contributed by atoms with Crippen LogP contribution in [0.15, 0.2) is 6.07 Å². The zero-order valence-electron chi connectivity index (χ0n) is 12.2. The van der Waals surface area contributed by atoms with Crippen LogP contribution >= 0.6 is 11.6 Å². The Labute approximate surface area is 125 Å². The molecule has 1 unspecified atom stereocenters. The number of fused-ring (bicyclic) bond motifs is 1. The highest BCUT2D eigenvalue weighted by molar-refractivity contribution is 6.31. The Hall–Kier alpha value is -0.930. The maximum absolute atomic E-state index is 6.58. The molecule has 1 saturated heterocycles. The van der Waals surface area contributed by atoms with Crippen LogP contribution in [0.1, 0.15) is 49.7 Å². The minimum Gasteiger partial charge on any atom is -0.489 e. The fourth-order valence-corrected chi connectivity index (χ4v) is 3.56. The van der Waals surface area contributed by atoms with Crippen molar-refractivity contribution >= 4 is 11.6 Å². The molecule has 2 heterocycles. The fraction of sp³-hybridized carbons (Fsp3) is 0.625. The van der Waals surface area contributed by atoms with Crippen molar-refractivity contribution in [3.63, 3.8) is 0 Å². The van der Waals surface area contributed by atoms with Crippen LogP contribution in [0.4, 0.5) is 0 Å². The molecule has 0 saturated carbocycles. The number of hydrogen-bond donors (Lipinski definition) is 1. The van der Waals surface area contributed by atoms with E-state index in [2.05, 4.69) is 19.2 Å². The monoisotopic (exact) mass is 295 g/mol. The Balaban J connectivity index is 2.14. The largest absolute Gasteiger partial charge is 0.489 e. The lowest BCUT2D eigenvalue weighted by Crippen LogP contribution is -2.12. The van der Waals surface area contributed by atoms with E-state index >= 15 is 0 Å². The second kappa shape index (κ2) is 5.82. The van der Waals surface area contributed by atoms with E-state index in [1.807, 2.05) is 6.07 Å². The summed E-state index contributed by atoms with van der Waals surface area (Å²) in [7, 11) is 0. The van der Waals surface area contributed by atoms with Crippen LogP contribution in [0, 0.1) is 0 Å². The number of hydrogen-bond acceptors (Lipinski definition) is 3. The van der Waals surface area contributed by atoms with Gasteiger partial charge in [-0.05, 0) is 30.4 Å². The molecule has 0 aliphatic carbocycles. The minimum absolute atomic E-state index is 0.375. The van der Waals surface area contributed by atoms with Crippen molar-refractivity contribution in [3.05, 3.63) is 22.2 Å². The van der Waals surface area contributed by atoms with E-state index in [-0.39, 0.29) is 0 Å². The first-order valence-electron chi connectivity index (χ1n) is 7.51. The number of halogens is 1. The molecule has 2 aliphatic heterocycles. The molecule has 1 atom stereocenters.